The van der Waals surface area contributed by atoms with Crippen molar-refractivity contribution in [1.82, 2.24) is 10.2 Å². The molecule has 0 radical (unpaired) electrons. The lowest BCUT2D eigenvalue weighted by Gasteiger charge is -2.18. The molecule has 2 aromatic carbocycles. The fourth-order valence-electron chi connectivity index (χ4n) is 2.66. The number of hydrogen-bond acceptors (Lipinski definition) is 5. The van der Waals surface area contributed by atoms with E-state index in [0.29, 0.717) is 23.3 Å². The Morgan fingerprint density at radius 3 is 2.19 bits per heavy atom. The van der Waals surface area contributed by atoms with Gasteiger partial charge in [-0.3, -0.25) is 0 Å². The molecule has 1 heterocycles. The average Bonchev–Trinajstić information content (AvgIpc) is 3.14. The maximum Gasteiger partial charge on any atom is 0.248 e. The molecule has 0 aliphatic heterocycles. The van der Waals surface area contributed by atoms with Gasteiger partial charge in [0, 0.05) is 11.6 Å². The van der Waals surface area contributed by atoms with Gasteiger partial charge in [-0.05, 0) is 46.9 Å². The third-order valence-electron chi connectivity index (χ3n) is 4.26. The van der Waals surface area contributed by atoms with Crippen LogP contribution >= 0.6 is 0 Å². The third kappa shape index (κ3) is 4.37. The zero-order valence-electron chi connectivity index (χ0n) is 16.3. The molecule has 5 nitrogen and oxygen atoms in total. The summed E-state index contributed by atoms with van der Waals surface area (Å²) >= 11 is 0. The van der Waals surface area contributed by atoms with Crippen molar-refractivity contribution < 1.29 is 13.9 Å². The highest BCUT2D eigenvalue weighted by Gasteiger charge is 2.14. The molecule has 0 aliphatic rings. The van der Waals surface area contributed by atoms with Crippen LogP contribution in [0.2, 0.25) is 0 Å². The van der Waals surface area contributed by atoms with Crippen molar-refractivity contribution >= 4 is 12.2 Å². The molecule has 0 saturated carbocycles. The van der Waals surface area contributed by atoms with E-state index in [1.54, 1.807) is 20.3 Å². The first kappa shape index (κ1) is 18.7. The number of rotatable bonds is 5. The second-order valence-electron chi connectivity index (χ2n) is 7.22. The number of methoxy groups -OCH3 is 2. The van der Waals surface area contributed by atoms with Crippen LogP contribution in [-0.2, 0) is 5.41 Å². The van der Waals surface area contributed by atoms with Crippen molar-refractivity contribution in [2.75, 3.05) is 14.2 Å². The molecule has 3 rings (SSSR count). The van der Waals surface area contributed by atoms with Gasteiger partial charge in [0.25, 0.3) is 0 Å². The first-order chi connectivity index (χ1) is 12.9. The van der Waals surface area contributed by atoms with Gasteiger partial charge in [0.2, 0.25) is 11.8 Å². The summed E-state index contributed by atoms with van der Waals surface area (Å²) < 4.78 is 16.3. The van der Waals surface area contributed by atoms with Crippen LogP contribution in [0.1, 0.15) is 37.8 Å². The highest BCUT2D eigenvalue weighted by atomic mass is 16.5. The van der Waals surface area contributed by atoms with Gasteiger partial charge in [0.15, 0.2) is 11.5 Å². The van der Waals surface area contributed by atoms with E-state index in [9.17, 15) is 0 Å². The second-order valence-corrected chi connectivity index (χ2v) is 7.22. The van der Waals surface area contributed by atoms with E-state index in [4.69, 9.17) is 13.9 Å². The van der Waals surface area contributed by atoms with Crippen LogP contribution in [0.4, 0.5) is 0 Å². The fraction of sp³-hybridized carbons (Fsp3) is 0.273. The Hall–Kier alpha value is -3.08. The summed E-state index contributed by atoms with van der Waals surface area (Å²) in [6.07, 6.45) is 3.67. The Morgan fingerprint density at radius 2 is 1.56 bits per heavy atom. The molecule has 0 spiro atoms. The molecular formula is C22H24N2O3. The van der Waals surface area contributed by atoms with E-state index >= 15 is 0 Å². The molecule has 0 bridgehead atoms. The number of aromatic nitrogens is 2. The molecule has 5 heteroatoms. The van der Waals surface area contributed by atoms with E-state index in [0.717, 1.165) is 11.1 Å². The van der Waals surface area contributed by atoms with Crippen molar-refractivity contribution in [2.24, 2.45) is 0 Å². The lowest BCUT2D eigenvalue weighted by Crippen LogP contribution is -2.10. The predicted molar refractivity (Wildman–Crippen MR) is 107 cm³/mol. The minimum absolute atomic E-state index is 0.112. The van der Waals surface area contributed by atoms with Crippen LogP contribution < -0.4 is 9.47 Å². The van der Waals surface area contributed by atoms with Gasteiger partial charge >= 0.3 is 0 Å². The molecule has 0 amide bonds. The molecule has 0 aliphatic carbocycles. The Kier molecular flexibility index (Phi) is 5.31. The van der Waals surface area contributed by atoms with Crippen molar-refractivity contribution in [2.45, 2.75) is 26.2 Å². The van der Waals surface area contributed by atoms with Crippen LogP contribution in [-0.4, -0.2) is 24.4 Å². The quantitative estimate of drug-likeness (QED) is 0.621. The lowest BCUT2D eigenvalue weighted by atomic mass is 9.87. The summed E-state index contributed by atoms with van der Waals surface area (Å²) in [5.41, 5.74) is 3.23. The summed E-state index contributed by atoms with van der Waals surface area (Å²) in [7, 11) is 3.22. The molecule has 27 heavy (non-hydrogen) atoms. The monoisotopic (exact) mass is 364 g/mol. The van der Waals surface area contributed by atoms with Crippen LogP contribution in [0.5, 0.6) is 11.5 Å². The van der Waals surface area contributed by atoms with Gasteiger partial charge in [-0.1, -0.05) is 39.0 Å². The standard InChI is InChI=1S/C22H24N2O3/c1-22(2,3)17-10-8-16(9-11-17)21-24-23-20(27-21)13-7-15-6-12-18(25-4)19(14-15)26-5/h6-14H,1-5H3/b13-7+. The van der Waals surface area contributed by atoms with Crippen LogP contribution in [0.15, 0.2) is 46.9 Å². The fourth-order valence-corrected chi connectivity index (χ4v) is 2.66. The highest BCUT2D eigenvalue weighted by molar-refractivity contribution is 5.68. The molecule has 0 unspecified atom stereocenters. The average molecular weight is 364 g/mol. The van der Waals surface area contributed by atoms with Gasteiger partial charge in [0.1, 0.15) is 0 Å². The van der Waals surface area contributed by atoms with E-state index < -0.39 is 0 Å². The maximum absolute atomic E-state index is 5.75. The SMILES string of the molecule is COc1ccc(/C=C/c2nnc(-c3ccc(C(C)(C)C)cc3)o2)cc1OC. The molecule has 0 fully saturated rings. The summed E-state index contributed by atoms with van der Waals surface area (Å²) in [4.78, 5) is 0. The topological polar surface area (TPSA) is 57.4 Å². The Bertz CT molecular complexity index is 935. The Labute approximate surface area is 159 Å². The zero-order valence-corrected chi connectivity index (χ0v) is 16.3. The number of benzene rings is 2. The van der Waals surface area contributed by atoms with E-state index in [1.165, 1.54) is 5.56 Å². The largest absolute Gasteiger partial charge is 0.493 e. The second kappa shape index (κ2) is 7.66. The highest BCUT2D eigenvalue weighted by Crippen LogP contribution is 2.29. The molecule has 3 aromatic rings. The molecule has 0 atom stereocenters. The van der Waals surface area contributed by atoms with Crippen molar-refractivity contribution in [1.29, 1.82) is 0 Å². The summed E-state index contributed by atoms with van der Waals surface area (Å²) in [6.45, 7) is 6.56. The Balaban J connectivity index is 1.77. The number of nitrogens with zero attached hydrogens (tertiary/aromatic N) is 2. The Morgan fingerprint density at radius 1 is 0.852 bits per heavy atom. The van der Waals surface area contributed by atoms with Crippen LogP contribution in [0.3, 0.4) is 0 Å². The third-order valence-corrected chi connectivity index (χ3v) is 4.26. The number of hydrogen-bond donors (Lipinski definition) is 0. The van der Waals surface area contributed by atoms with Crippen LogP contribution in [0, 0.1) is 0 Å². The summed E-state index contributed by atoms with van der Waals surface area (Å²) in [5, 5.41) is 8.23. The summed E-state index contributed by atoms with van der Waals surface area (Å²) in [5.74, 6) is 2.31. The van der Waals surface area contributed by atoms with Gasteiger partial charge in [-0.15, -0.1) is 10.2 Å². The summed E-state index contributed by atoms with van der Waals surface area (Å²) in [6, 6.07) is 13.9. The molecule has 0 saturated heterocycles. The van der Waals surface area contributed by atoms with E-state index in [1.807, 2.05) is 36.4 Å². The van der Waals surface area contributed by atoms with Crippen molar-refractivity contribution in [3.05, 3.63) is 59.5 Å². The normalized spacial score (nSPS) is 11.7. The number of ether oxygens (including phenoxy) is 2. The minimum atomic E-state index is 0.112. The maximum atomic E-state index is 5.75. The van der Waals surface area contributed by atoms with E-state index in [2.05, 4.69) is 43.1 Å². The molecule has 140 valence electrons. The lowest BCUT2D eigenvalue weighted by molar-refractivity contribution is 0.355. The molecule has 1 aromatic heterocycles. The molecular weight excluding hydrogens is 340 g/mol. The first-order valence-electron chi connectivity index (χ1n) is 8.75. The van der Waals surface area contributed by atoms with E-state index in [-0.39, 0.29) is 5.41 Å². The van der Waals surface area contributed by atoms with Gasteiger partial charge < -0.3 is 13.9 Å². The molecule has 0 N–H and O–H groups in total. The van der Waals surface area contributed by atoms with Gasteiger partial charge in [-0.2, -0.15) is 0 Å². The van der Waals surface area contributed by atoms with Gasteiger partial charge in [0.05, 0.1) is 14.2 Å². The zero-order chi connectivity index (χ0) is 19.4. The van der Waals surface area contributed by atoms with Crippen molar-refractivity contribution in [3.8, 4) is 23.0 Å². The van der Waals surface area contributed by atoms with Gasteiger partial charge in [-0.25, -0.2) is 0 Å². The van der Waals surface area contributed by atoms with Crippen LogP contribution in [0.25, 0.3) is 23.6 Å². The smallest absolute Gasteiger partial charge is 0.248 e. The predicted octanol–water partition coefficient (Wildman–Crippen LogP) is 5.22. The first-order valence-corrected chi connectivity index (χ1v) is 8.75. The minimum Gasteiger partial charge on any atom is -0.493 e. The van der Waals surface area contributed by atoms with Crippen molar-refractivity contribution in [3.63, 3.8) is 0 Å².